The third-order valence-electron chi connectivity index (χ3n) is 4.16. The quantitative estimate of drug-likeness (QED) is 0.706. The van der Waals surface area contributed by atoms with Crippen molar-refractivity contribution in [1.29, 1.82) is 0 Å². The van der Waals surface area contributed by atoms with Crippen molar-refractivity contribution in [3.05, 3.63) is 53.6 Å². The zero-order valence-corrected chi connectivity index (χ0v) is 14.6. The molecule has 3 aromatic rings. The van der Waals surface area contributed by atoms with Gasteiger partial charge in [0.1, 0.15) is 11.7 Å². The number of pyridine rings is 2. The molecule has 0 saturated heterocycles. The Labute approximate surface area is 152 Å². The zero-order chi connectivity index (χ0) is 19.8. The number of imidazole rings is 1. The Morgan fingerprint density at radius 3 is 2.70 bits per heavy atom. The number of ether oxygens (including phenoxy) is 1. The molecule has 2 N–H and O–H groups in total. The van der Waals surface area contributed by atoms with Gasteiger partial charge in [0.05, 0.1) is 18.4 Å². The van der Waals surface area contributed by atoms with E-state index in [0.29, 0.717) is 17.0 Å². The molecule has 0 radical (unpaired) electrons. The molecule has 27 heavy (non-hydrogen) atoms. The number of rotatable bonds is 4. The van der Waals surface area contributed by atoms with Crippen LogP contribution in [0.1, 0.15) is 17.0 Å². The van der Waals surface area contributed by atoms with Gasteiger partial charge < -0.3 is 14.9 Å². The lowest BCUT2D eigenvalue weighted by Crippen LogP contribution is -2.34. The first-order chi connectivity index (χ1) is 12.7. The van der Waals surface area contributed by atoms with Crippen LogP contribution >= 0.6 is 0 Å². The number of hydrogen-bond donors (Lipinski definition) is 1. The van der Waals surface area contributed by atoms with Crippen LogP contribution in [0.3, 0.4) is 0 Å². The number of nitrogens with zero attached hydrogens (tertiary/aromatic N) is 3. The summed E-state index contributed by atoms with van der Waals surface area (Å²) in [5.74, 6) is -0.577. The third kappa shape index (κ3) is 3.63. The van der Waals surface area contributed by atoms with Crippen molar-refractivity contribution < 1.29 is 22.7 Å². The van der Waals surface area contributed by atoms with Gasteiger partial charge in [0.15, 0.2) is 0 Å². The molecule has 0 aliphatic rings. The summed E-state index contributed by atoms with van der Waals surface area (Å²) in [7, 11) is 1.24. The summed E-state index contributed by atoms with van der Waals surface area (Å²) in [6.45, 7) is 1.62. The van der Waals surface area contributed by atoms with E-state index in [1.807, 2.05) is 0 Å². The molecule has 3 rings (SSSR count). The molecule has 0 saturated carbocycles. The lowest BCUT2D eigenvalue weighted by Gasteiger charge is -2.16. The fourth-order valence-electron chi connectivity index (χ4n) is 2.87. The molecule has 3 heterocycles. The predicted octanol–water partition coefficient (Wildman–Crippen LogP) is 2.77. The monoisotopic (exact) mass is 378 g/mol. The maximum Gasteiger partial charge on any atom is 0.418 e. The number of fused-ring (bicyclic) bond motifs is 1. The van der Waals surface area contributed by atoms with Gasteiger partial charge in [0.25, 0.3) is 0 Å². The molecule has 0 aliphatic heterocycles. The van der Waals surface area contributed by atoms with Gasteiger partial charge in [-0.05, 0) is 31.2 Å². The van der Waals surface area contributed by atoms with E-state index in [1.54, 1.807) is 23.6 Å². The zero-order valence-electron chi connectivity index (χ0n) is 14.6. The minimum atomic E-state index is -4.55. The van der Waals surface area contributed by atoms with Gasteiger partial charge in [-0.2, -0.15) is 13.2 Å². The van der Waals surface area contributed by atoms with Gasteiger partial charge in [0, 0.05) is 35.8 Å². The van der Waals surface area contributed by atoms with E-state index in [1.165, 1.54) is 25.4 Å². The van der Waals surface area contributed by atoms with Crippen LogP contribution in [0, 0.1) is 6.92 Å². The van der Waals surface area contributed by atoms with E-state index in [2.05, 4.69) is 14.7 Å². The largest absolute Gasteiger partial charge is 0.468 e. The maximum atomic E-state index is 13.4. The van der Waals surface area contributed by atoms with Crippen LogP contribution in [-0.2, 0) is 22.1 Å². The van der Waals surface area contributed by atoms with Crippen LogP contribution in [0.15, 0.2) is 36.7 Å². The minimum Gasteiger partial charge on any atom is -0.468 e. The molecule has 0 fully saturated rings. The predicted molar refractivity (Wildman–Crippen MR) is 91.9 cm³/mol. The average Bonchev–Trinajstić information content (AvgIpc) is 3.10. The van der Waals surface area contributed by atoms with Crippen molar-refractivity contribution in [3.63, 3.8) is 0 Å². The van der Waals surface area contributed by atoms with Crippen LogP contribution in [0.2, 0.25) is 0 Å². The van der Waals surface area contributed by atoms with Crippen molar-refractivity contribution in [3.8, 4) is 11.3 Å². The van der Waals surface area contributed by atoms with Crippen LogP contribution in [0.5, 0.6) is 0 Å². The first-order valence-electron chi connectivity index (χ1n) is 8.06. The summed E-state index contributed by atoms with van der Waals surface area (Å²) < 4.78 is 46.5. The molecule has 0 unspecified atom stereocenters. The maximum absolute atomic E-state index is 13.4. The van der Waals surface area contributed by atoms with Crippen LogP contribution in [-0.4, -0.2) is 33.5 Å². The number of aryl methyl sites for hydroxylation is 1. The highest BCUT2D eigenvalue weighted by Crippen LogP contribution is 2.37. The Kier molecular flexibility index (Phi) is 4.88. The summed E-state index contributed by atoms with van der Waals surface area (Å²) in [6, 6.07) is 4.56. The van der Waals surface area contributed by atoms with Gasteiger partial charge in [-0.3, -0.25) is 9.78 Å². The van der Waals surface area contributed by atoms with Crippen LogP contribution in [0.4, 0.5) is 13.2 Å². The van der Waals surface area contributed by atoms with Crippen molar-refractivity contribution in [2.45, 2.75) is 25.6 Å². The summed E-state index contributed by atoms with van der Waals surface area (Å²) in [4.78, 5) is 19.8. The number of aromatic nitrogens is 3. The fraction of sp³-hybridized carbons (Fsp3) is 0.278. The summed E-state index contributed by atoms with van der Waals surface area (Å²) in [5.41, 5.74) is 6.39. The standard InChI is InChI=1S/C18H17F3N4O2/c1-10-3-6-13(18(19,20)21)15(24-10)12-5-4-11(9-14(22)17(26)27-2)25-8-7-23-16(12)25/h3-8,14H,9,22H2,1-2H3/t14-/m0/s1. The highest BCUT2D eigenvalue weighted by Gasteiger charge is 2.35. The number of nitrogens with two attached hydrogens (primary N) is 1. The van der Waals surface area contributed by atoms with Crippen LogP contribution in [0.25, 0.3) is 16.9 Å². The fourth-order valence-corrected chi connectivity index (χ4v) is 2.87. The summed E-state index contributed by atoms with van der Waals surface area (Å²) >= 11 is 0. The van der Waals surface area contributed by atoms with E-state index < -0.39 is 23.8 Å². The van der Waals surface area contributed by atoms with E-state index >= 15 is 0 Å². The number of methoxy groups -OCH3 is 1. The summed E-state index contributed by atoms with van der Waals surface area (Å²) in [5, 5.41) is 0. The Balaban J connectivity index is 2.14. The molecule has 0 aromatic carbocycles. The van der Waals surface area contributed by atoms with Gasteiger partial charge >= 0.3 is 12.1 Å². The first-order valence-corrected chi connectivity index (χ1v) is 8.06. The van der Waals surface area contributed by atoms with Crippen molar-refractivity contribution in [2.75, 3.05) is 7.11 Å². The van der Waals surface area contributed by atoms with Crippen molar-refractivity contribution >= 4 is 11.6 Å². The number of esters is 1. The van der Waals surface area contributed by atoms with E-state index in [4.69, 9.17) is 5.73 Å². The Morgan fingerprint density at radius 1 is 1.30 bits per heavy atom. The highest BCUT2D eigenvalue weighted by atomic mass is 19.4. The SMILES string of the molecule is COC(=O)[C@@H](N)Cc1ccc(-c2nc(C)ccc2C(F)(F)F)c2nccn12. The second kappa shape index (κ2) is 6.99. The van der Waals surface area contributed by atoms with Gasteiger partial charge in [-0.15, -0.1) is 0 Å². The molecule has 1 atom stereocenters. The summed E-state index contributed by atoms with van der Waals surface area (Å²) in [6.07, 6.45) is -1.34. The number of carbonyl (C=O) groups is 1. The topological polar surface area (TPSA) is 82.5 Å². The molecule has 142 valence electrons. The van der Waals surface area contributed by atoms with E-state index in [-0.39, 0.29) is 17.7 Å². The Hall–Kier alpha value is -2.94. The molecular weight excluding hydrogens is 361 g/mol. The van der Waals surface area contributed by atoms with Gasteiger partial charge in [-0.1, -0.05) is 0 Å². The Bertz CT molecular complexity index is 998. The lowest BCUT2D eigenvalue weighted by atomic mass is 10.0. The first kappa shape index (κ1) is 18.8. The normalized spacial score (nSPS) is 13.0. The third-order valence-corrected chi connectivity index (χ3v) is 4.16. The number of hydrogen-bond acceptors (Lipinski definition) is 5. The number of halogens is 3. The van der Waals surface area contributed by atoms with Crippen molar-refractivity contribution in [2.24, 2.45) is 5.73 Å². The second-order valence-electron chi connectivity index (χ2n) is 6.04. The van der Waals surface area contributed by atoms with Gasteiger partial charge in [0.2, 0.25) is 0 Å². The molecule has 0 aliphatic carbocycles. The van der Waals surface area contributed by atoms with Gasteiger partial charge in [-0.25, -0.2) is 4.98 Å². The molecule has 0 spiro atoms. The van der Waals surface area contributed by atoms with Crippen LogP contribution < -0.4 is 5.73 Å². The molecule has 9 heteroatoms. The lowest BCUT2D eigenvalue weighted by molar-refractivity contribution is -0.142. The molecule has 0 bridgehead atoms. The Morgan fingerprint density at radius 2 is 2.04 bits per heavy atom. The smallest absolute Gasteiger partial charge is 0.418 e. The minimum absolute atomic E-state index is 0.146. The van der Waals surface area contributed by atoms with Crippen molar-refractivity contribution in [1.82, 2.24) is 14.4 Å². The molecular formula is C18H17F3N4O2. The number of alkyl halides is 3. The average molecular weight is 378 g/mol. The second-order valence-corrected chi connectivity index (χ2v) is 6.04. The van der Waals surface area contributed by atoms with E-state index in [9.17, 15) is 18.0 Å². The number of carbonyl (C=O) groups excluding carboxylic acids is 1. The molecule has 3 aromatic heterocycles. The van der Waals surface area contributed by atoms with E-state index in [0.717, 1.165) is 6.07 Å². The highest BCUT2D eigenvalue weighted by molar-refractivity contribution is 5.79. The molecule has 6 nitrogen and oxygen atoms in total. The molecule has 0 amide bonds.